The van der Waals surface area contributed by atoms with Gasteiger partial charge in [-0.3, -0.25) is 5.32 Å². The fourth-order valence-electron chi connectivity index (χ4n) is 2.02. The van der Waals surface area contributed by atoms with Gasteiger partial charge < -0.3 is 4.52 Å². The lowest BCUT2D eigenvalue weighted by Crippen LogP contribution is -2.23. The predicted molar refractivity (Wildman–Crippen MR) is 79.8 cm³/mol. The van der Waals surface area contributed by atoms with Crippen LogP contribution in [-0.4, -0.2) is 10.1 Å². The second-order valence-corrected chi connectivity index (χ2v) is 5.68. The molecule has 0 saturated carbocycles. The molecule has 1 aromatic heterocycles. The summed E-state index contributed by atoms with van der Waals surface area (Å²) in [5.74, 6) is 1.60. The highest BCUT2D eigenvalue weighted by atomic mass is 35.5. The fourth-order valence-corrected chi connectivity index (χ4v) is 2.32. The second kappa shape index (κ2) is 6.37. The van der Waals surface area contributed by atoms with Crippen LogP contribution in [-0.2, 0) is 0 Å². The average molecular weight is 294 g/mol. The lowest BCUT2D eigenvalue weighted by atomic mass is 10.1. The molecule has 4 nitrogen and oxygen atoms in total. The zero-order chi connectivity index (χ0) is 14.7. The summed E-state index contributed by atoms with van der Waals surface area (Å²) in [5, 5.41) is 8.16. The molecular weight excluding hydrogens is 274 g/mol. The van der Waals surface area contributed by atoms with E-state index in [9.17, 15) is 0 Å². The molecule has 0 saturated heterocycles. The first-order chi connectivity index (χ1) is 9.49. The van der Waals surface area contributed by atoms with Gasteiger partial charge in [-0.15, -0.1) is 0 Å². The van der Waals surface area contributed by atoms with Crippen molar-refractivity contribution >= 4 is 11.6 Å². The van der Waals surface area contributed by atoms with Gasteiger partial charge in [0.05, 0.1) is 6.04 Å². The normalized spacial score (nSPS) is 14.5. The minimum Gasteiger partial charge on any atom is -0.338 e. The summed E-state index contributed by atoms with van der Waals surface area (Å²) in [4.78, 5) is 4.41. The Morgan fingerprint density at radius 2 is 1.80 bits per heavy atom. The van der Waals surface area contributed by atoms with Gasteiger partial charge in [-0.05, 0) is 25.5 Å². The third kappa shape index (κ3) is 3.38. The van der Waals surface area contributed by atoms with Crippen LogP contribution in [0.15, 0.2) is 28.8 Å². The largest absolute Gasteiger partial charge is 0.338 e. The Hall–Kier alpha value is -1.39. The summed E-state index contributed by atoms with van der Waals surface area (Å²) in [7, 11) is 0. The lowest BCUT2D eigenvalue weighted by molar-refractivity contribution is 0.324. The van der Waals surface area contributed by atoms with Crippen molar-refractivity contribution in [2.24, 2.45) is 0 Å². The Morgan fingerprint density at radius 3 is 2.40 bits per heavy atom. The standard InChI is InChI=1S/C15H20ClN3O/c1-9(2)14-18-15(20-19-14)11(4)17-10(3)12-7-5-6-8-13(12)16/h5-11,17H,1-4H3/t10-,11+/m1/s1. The summed E-state index contributed by atoms with van der Waals surface area (Å²) >= 11 is 6.20. The van der Waals surface area contributed by atoms with Gasteiger partial charge in [0.2, 0.25) is 5.89 Å². The smallest absolute Gasteiger partial charge is 0.243 e. The Morgan fingerprint density at radius 1 is 1.10 bits per heavy atom. The zero-order valence-electron chi connectivity index (χ0n) is 12.2. The van der Waals surface area contributed by atoms with Crippen LogP contribution in [0.1, 0.15) is 63.0 Å². The van der Waals surface area contributed by atoms with Crippen LogP contribution < -0.4 is 5.32 Å². The number of aromatic nitrogens is 2. The molecule has 0 aliphatic carbocycles. The molecule has 5 heteroatoms. The SMILES string of the molecule is CC(C)c1noc([C@H](C)N[C@H](C)c2ccccc2Cl)n1. The van der Waals surface area contributed by atoms with E-state index in [1.165, 1.54) is 0 Å². The van der Waals surface area contributed by atoms with E-state index in [1.807, 2.05) is 45.0 Å². The van der Waals surface area contributed by atoms with Crippen molar-refractivity contribution in [3.8, 4) is 0 Å². The van der Waals surface area contributed by atoms with E-state index < -0.39 is 0 Å². The Bertz CT molecular complexity index is 568. The van der Waals surface area contributed by atoms with Crippen LogP contribution in [0.3, 0.4) is 0 Å². The molecule has 0 fully saturated rings. The summed E-state index contributed by atoms with van der Waals surface area (Å²) < 4.78 is 5.30. The van der Waals surface area contributed by atoms with Crippen LogP contribution in [0, 0.1) is 0 Å². The van der Waals surface area contributed by atoms with Crippen LogP contribution >= 0.6 is 11.6 Å². The van der Waals surface area contributed by atoms with Crippen LogP contribution in [0.25, 0.3) is 0 Å². The fraction of sp³-hybridized carbons (Fsp3) is 0.467. The molecule has 0 aliphatic heterocycles. The highest BCUT2D eigenvalue weighted by Crippen LogP contribution is 2.25. The number of halogens is 1. The van der Waals surface area contributed by atoms with Gasteiger partial charge in [0.1, 0.15) is 0 Å². The molecule has 0 amide bonds. The lowest BCUT2D eigenvalue weighted by Gasteiger charge is -2.18. The van der Waals surface area contributed by atoms with Gasteiger partial charge in [-0.25, -0.2) is 0 Å². The maximum absolute atomic E-state index is 6.20. The van der Waals surface area contributed by atoms with Gasteiger partial charge in [0, 0.05) is 17.0 Å². The molecule has 0 unspecified atom stereocenters. The molecular formula is C15H20ClN3O. The van der Waals surface area contributed by atoms with Crippen molar-refractivity contribution < 1.29 is 4.52 Å². The number of benzene rings is 1. The third-order valence-corrected chi connectivity index (χ3v) is 3.56. The van der Waals surface area contributed by atoms with Crippen LogP contribution in [0.2, 0.25) is 5.02 Å². The van der Waals surface area contributed by atoms with E-state index in [-0.39, 0.29) is 18.0 Å². The Labute approximate surface area is 124 Å². The highest BCUT2D eigenvalue weighted by Gasteiger charge is 2.19. The first kappa shape index (κ1) is 15.0. The maximum atomic E-state index is 6.20. The Balaban J connectivity index is 2.07. The molecule has 20 heavy (non-hydrogen) atoms. The van der Waals surface area contributed by atoms with Crippen LogP contribution in [0.5, 0.6) is 0 Å². The predicted octanol–water partition coefficient (Wildman–Crippen LogP) is 4.26. The van der Waals surface area contributed by atoms with E-state index in [4.69, 9.17) is 16.1 Å². The molecule has 2 atom stereocenters. The summed E-state index contributed by atoms with van der Waals surface area (Å²) in [6.07, 6.45) is 0. The van der Waals surface area contributed by atoms with Gasteiger partial charge in [-0.1, -0.05) is 48.8 Å². The topological polar surface area (TPSA) is 51.0 Å². The molecule has 0 radical (unpaired) electrons. The minimum absolute atomic E-state index is 0.0266. The second-order valence-electron chi connectivity index (χ2n) is 5.28. The molecule has 1 heterocycles. The number of hydrogen-bond donors (Lipinski definition) is 1. The molecule has 1 aromatic carbocycles. The third-order valence-electron chi connectivity index (χ3n) is 3.22. The number of rotatable bonds is 5. The molecule has 2 rings (SSSR count). The van der Waals surface area contributed by atoms with Crippen molar-refractivity contribution in [1.29, 1.82) is 0 Å². The first-order valence-corrected chi connectivity index (χ1v) is 7.20. The summed E-state index contributed by atoms with van der Waals surface area (Å²) in [6, 6.07) is 7.89. The van der Waals surface area contributed by atoms with Crippen molar-refractivity contribution in [3.63, 3.8) is 0 Å². The number of nitrogens with zero attached hydrogens (tertiary/aromatic N) is 2. The van der Waals surface area contributed by atoms with Gasteiger partial charge >= 0.3 is 0 Å². The molecule has 108 valence electrons. The van der Waals surface area contributed by atoms with Gasteiger partial charge in [-0.2, -0.15) is 4.98 Å². The highest BCUT2D eigenvalue weighted by molar-refractivity contribution is 6.31. The Kier molecular flexibility index (Phi) is 4.78. The van der Waals surface area contributed by atoms with E-state index >= 15 is 0 Å². The molecule has 0 bridgehead atoms. The monoisotopic (exact) mass is 293 g/mol. The zero-order valence-corrected chi connectivity index (χ0v) is 13.0. The average Bonchev–Trinajstić information content (AvgIpc) is 2.88. The summed E-state index contributed by atoms with van der Waals surface area (Å²) in [5.41, 5.74) is 1.06. The number of nitrogens with one attached hydrogen (secondary N) is 1. The van der Waals surface area contributed by atoms with E-state index in [1.54, 1.807) is 0 Å². The van der Waals surface area contributed by atoms with Crippen molar-refractivity contribution in [2.45, 2.75) is 45.7 Å². The summed E-state index contributed by atoms with van der Waals surface area (Å²) in [6.45, 7) is 8.15. The number of hydrogen-bond acceptors (Lipinski definition) is 4. The van der Waals surface area contributed by atoms with Crippen molar-refractivity contribution in [3.05, 3.63) is 46.6 Å². The van der Waals surface area contributed by atoms with E-state index in [0.29, 0.717) is 5.89 Å². The quantitative estimate of drug-likeness (QED) is 0.895. The molecule has 1 N–H and O–H groups in total. The van der Waals surface area contributed by atoms with E-state index in [0.717, 1.165) is 16.4 Å². The molecule has 0 aliphatic rings. The first-order valence-electron chi connectivity index (χ1n) is 6.83. The van der Waals surface area contributed by atoms with Crippen molar-refractivity contribution in [1.82, 2.24) is 15.5 Å². The minimum atomic E-state index is -0.0266. The molecule has 0 spiro atoms. The molecule has 2 aromatic rings. The van der Waals surface area contributed by atoms with Crippen molar-refractivity contribution in [2.75, 3.05) is 0 Å². The van der Waals surface area contributed by atoms with Gasteiger partial charge in [0.15, 0.2) is 5.82 Å². The van der Waals surface area contributed by atoms with Crippen LogP contribution in [0.4, 0.5) is 0 Å². The van der Waals surface area contributed by atoms with E-state index in [2.05, 4.69) is 22.4 Å². The maximum Gasteiger partial charge on any atom is 0.243 e. The van der Waals surface area contributed by atoms with Gasteiger partial charge in [0.25, 0.3) is 0 Å².